The van der Waals surface area contributed by atoms with E-state index in [1.54, 1.807) is 13.8 Å². The molecule has 0 spiro atoms. The second-order valence-electron chi connectivity index (χ2n) is 9.51. The lowest BCUT2D eigenvalue weighted by Crippen LogP contribution is -2.54. The fourth-order valence-electron chi connectivity index (χ4n) is 5.58. The van der Waals surface area contributed by atoms with E-state index in [-0.39, 0.29) is 43.5 Å². The minimum absolute atomic E-state index is 0. The van der Waals surface area contributed by atoms with Crippen molar-refractivity contribution in [1.82, 2.24) is 10.2 Å². The van der Waals surface area contributed by atoms with Gasteiger partial charge in [-0.25, -0.2) is 0 Å². The quantitative estimate of drug-likeness (QED) is 0.454. The zero-order valence-electron chi connectivity index (χ0n) is 20.3. The number of fused-ring (bicyclic) bond motifs is 1. The molecule has 0 aliphatic heterocycles. The van der Waals surface area contributed by atoms with Crippen molar-refractivity contribution in [3.63, 3.8) is 0 Å². The van der Waals surface area contributed by atoms with Crippen LogP contribution in [0.15, 0.2) is 30.3 Å². The Morgan fingerprint density at radius 1 is 1.12 bits per heavy atom. The number of ether oxygens (including phenoxy) is 1. The third-order valence-electron chi connectivity index (χ3n) is 7.20. The molecule has 0 heterocycles. The van der Waals surface area contributed by atoms with E-state index in [4.69, 9.17) is 4.74 Å². The average molecular weight is 495 g/mol. The Hall–Kier alpha value is -2.12. The van der Waals surface area contributed by atoms with Crippen LogP contribution in [-0.2, 0) is 25.5 Å². The molecule has 2 unspecified atom stereocenters. The molecule has 190 valence electrons. The van der Waals surface area contributed by atoms with E-state index in [1.807, 2.05) is 30.3 Å². The van der Waals surface area contributed by atoms with Crippen LogP contribution in [0.25, 0.3) is 0 Å². The summed E-state index contributed by atoms with van der Waals surface area (Å²) in [5, 5.41) is 12.6. The first-order valence-corrected chi connectivity index (χ1v) is 12.4. The number of nitrogens with one attached hydrogen (secondary N) is 1. The molecule has 2 fully saturated rings. The summed E-state index contributed by atoms with van der Waals surface area (Å²) in [7, 11) is 0. The molecular weight excluding hydrogens is 456 g/mol. The number of benzene rings is 1. The molecule has 0 bridgehead atoms. The maximum absolute atomic E-state index is 13.4. The van der Waals surface area contributed by atoms with Gasteiger partial charge in [0.1, 0.15) is 12.6 Å². The zero-order valence-corrected chi connectivity index (χ0v) is 21.1. The van der Waals surface area contributed by atoms with Gasteiger partial charge in [0, 0.05) is 6.04 Å². The Bertz CT molecular complexity index is 792. The number of aliphatic carboxylic acids is 1. The lowest BCUT2D eigenvalue weighted by molar-refractivity contribution is -0.149. The minimum atomic E-state index is -1.00. The third-order valence-corrected chi connectivity index (χ3v) is 7.20. The van der Waals surface area contributed by atoms with Crippen molar-refractivity contribution >= 4 is 30.3 Å². The van der Waals surface area contributed by atoms with Crippen molar-refractivity contribution in [3.8, 4) is 0 Å². The molecule has 8 heteroatoms. The number of amides is 1. The number of hydrogen-bond donors (Lipinski definition) is 2. The summed E-state index contributed by atoms with van der Waals surface area (Å²) in [4.78, 5) is 39.1. The molecule has 2 N–H and O–H groups in total. The lowest BCUT2D eigenvalue weighted by atomic mass is 9.82. The molecule has 34 heavy (non-hydrogen) atoms. The number of carboxylic acids is 1. The van der Waals surface area contributed by atoms with Crippen LogP contribution in [0.1, 0.15) is 64.4 Å². The molecule has 2 saturated carbocycles. The van der Waals surface area contributed by atoms with Crippen LogP contribution < -0.4 is 5.32 Å². The number of carbonyl (C=O) groups excluding carboxylic acids is 2. The summed E-state index contributed by atoms with van der Waals surface area (Å²) in [6.45, 7) is 3.44. The second kappa shape index (κ2) is 13.7. The molecule has 5 atom stereocenters. The highest BCUT2D eigenvalue weighted by molar-refractivity contribution is 5.86. The summed E-state index contributed by atoms with van der Waals surface area (Å²) in [5.74, 6) is -0.459. The van der Waals surface area contributed by atoms with Gasteiger partial charge in [-0.15, -0.1) is 12.4 Å². The van der Waals surface area contributed by atoms with Gasteiger partial charge in [-0.3, -0.25) is 19.7 Å². The van der Waals surface area contributed by atoms with Gasteiger partial charge < -0.3 is 14.7 Å². The molecular formula is C26H39ClN2O5. The number of hydrogen-bond acceptors (Lipinski definition) is 5. The average Bonchev–Trinajstić information content (AvgIpc) is 3.24. The number of halogens is 1. The Kier molecular flexibility index (Phi) is 11.3. The maximum Gasteiger partial charge on any atom is 0.323 e. The molecule has 1 aromatic carbocycles. The van der Waals surface area contributed by atoms with E-state index >= 15 is 0 Å². The Labute approximate surface area is 209 Å². The molecule has 7 nitrogen and oxygen atoms in total. The highest BCUT2D eigenvalue weighted by Crippen LogP contribution is 2.44. The van der Waals surface area contributed by atoms with Crippen molar-refractivity contribution in [1.29, 1.82) is 0 Å². The smallest absolute Gasteiger partial charge is 0.323 e. The number of aryl methyl sites for hydroxylation is 1. The summed E-state index contributed by atoms with van der Waals surface area (Å²) in [6, 6.07) is 8.50. The topological polar surface area (TPSA) is 95.9 Å². The second-order valence-corrected chi connectivity index (χ2v) is 9.51. The molecule has 2 aliphatic carbocycles. The highest BCUT2D eigenvalue weighted by Gasteiger charge is 2.41. The minimum Gasteiger partial charge on any atom is -0.480 e. The van der Waals surface area contributed by atoms with Crippen LogP contribution in [0.5, 0.6) is 0 Å². The van der Waals surface area contributed by atoms with Gasteiger partial charge in [-0.1, -0.05) is 56.0 Å². The molecule has 0 saturated heterocycles. The first-order chi connectivity index (χ1) is 15.9. The van der Waals surface area contributed by atoms with E-state index in [0.717, 1.165) is 18.4 Å². The largest absolute Gasteiger partial charge is 0.480 e. The summed E-state index contributed by atoms with van der Waals surface area (Å²) >= 11 is 0. The SMILES string of the molecule is CCOC(=O)C(CCc1ccccc1)N[C@@H](C)C(=O)N(CC(=O)O)C1C[C@H]2CCCC[C@H]2C1.Cl. The molecule has 1 aromatic rings. The van der Waals surface area contributed by atoms with Gasteiger partial charge in [-0.05, 0) is 56.9 Å². The molecule has 0 radical (unpaired) electrons. The van der Waals surface area contributed by atoms with Crippen LogP contribution in [0, 0.1) is 11.8 Å². The van der Waals surface area contributed by atoms with E-state index in [0.29, 0.717) is 24.7 Å². The van der Waals surface area contributed by atoms with E-state index in [9.17, 15) is 19.5 Å². The predicted molar refractivity (Wildman–Crippen MR) is 133 cm³/mol. The van der Waals surface area contributed by atoms with Crippen LogP contribution in [0.3, 0.4) is 0 Å². The summed E-state index contributed by atoms with van der Waals surface area (Å²) in [5.41, 5.74) is 1.11. The van der Waals surface area contributed by atoms with Crippen molar-refractivity contribution in [2.45, 2.75) is 83.3 Å². The van der Waals surface area contributed by atoms with Crippen LogP contribution >= 0.6 is 12.4 Å². The number of nitrogens with zero attached hydrogens (tertiary/aromatic N) is 1. The van der Waals surface area contributed by atoms with Gasteiger partial charge in [0.05, 0.1) is 12.6 Å². The van der Waals surface area contributed by atoms with Gasteiger partial charge >= 0.3 is 11.9 Å². The van der Waals surface area contributed by atoms with Crippen molar-refractivity contribution in [3.05, 3.63) is 35.9 Å². The van der Waals surface area contributed by atoms with Gasteiger partial charge in [0.15, 0.2) is 0 Å². The molecule has 0 aromatic heterocycles. The fraction of sp³-hybridized carbons (Fsp3) is 0.654. The van der Waals surface area contributed by atoms with Gasteiger partial charge in [-0.2, -0.15) is 0 Å². The van der Waals surface area contributed by atoms with E-state index in [2.05, 4.69) is 5.32 Å². The van der Waals surface area contributed by atoms with E-state index in [1.165, 1.54) is 30.6 Å². The molecule has 2 aliphatic rings. The lowest BCUT2D eigenvalue weighted by Gasteiger charge is -2.32. The van der Waals surface area contributed by atoms with Crippen LogP contribution in [0.2, 0.25) is 0 Å². The zero-order chi connectivity index (χ0) is 23.8. The first kappa shape index (κ1) is 28.1. The van der Waals surface area contributed by atoms with Gasteiger partial charge in [0.2, 0.25) is 5.91 Å². The van der Waals surface area contributed by atoms with Crippen molar-refractivity contribution < 1.29 is 24.2 Å². The van der Waals surface area contributed by atoms with Gasteiger partial charge in [0.25, 0.3) is 0 Å². The van der Waals surface area contributed by atoms with Crippen molar-refractivity contribution in [2.75, 3.05) is 13.2 Å². The van der Waals surface area contributed by atoms with Crippen molar-refractivity contribution in [2.24, 2.45) is 11.8 Å². The number of carboxylic acid groups (broad SMARTS) is 1. The predicted octanol–water partition coefficient (Wildman–Crippen LogP) is 3.83. The fourth-order valence-corrected chi connectivity index (χ4v) is 5.58. The van der Waals surface area contributed by atoms with Crippen LogP contribution in [-0.4, -0.2) is 59.1 Å². The third kappa shape index (κ3) is 7.70. The monoisotopic (exact) mass is 494 g/mol. The Balaban J connectivity index is 0.00000408. The maximum atomic E-state index is 13.4. The Morgan fingerprint density at radius 2 is 1.74 bits per heavy atom. The first-order valence-electron chi connectivity index (χ1n) is 12.4. The van der Waals surface area contributed by atoms with Crippen LogP contribution in [0.4, 0.5) is 0 Å². The van der Waals surface area contributed by atoms with E-state index < -0.39 is 18.1 Å². The summed E-state index contributed by atoms with van der Waals surface area (Å²) in [6.07, 6.45) is 7.72. The molecule has 1 amide bonds. The number of rotatable bonds is 11. The number of esters is 1. The highest BCUT2D eigenvalue weighted by atomic mass is 35.5. The number of carbonyl (C=O) groups is 3. The molecule has 3 rings (SSSR count). The standard InChI is InChI=1S/C26H38N2O5.ClH/c1-3-33-26(32)23(14-13-19-9-5-4-6-10-19)27-18(2)25(31)28(17-24(29)30)22-15-20-11-7-8-12-21(20)16-22;/h4-6,9-10,18,20-23,27H,3,7-8,11-17H2,1-2H3,(H,29,30);1H/t18-,20-,21+,22?,23?;/m0./s1. The normalized spacial score (nSPS) is 23.2. The summed E-state index contributed by atoms with van der Waals surface area (Å²) < 4.78 is 5.24. The Morgan fingerprint density at radius 3 is 2.29 bits per heavy atom.